The molecule has 1 aliphatic carbocycles. The van der Waals surface area contributed by atoms with Gasteiger partial charge in [-0.3, -0.25) is 4.39 Å². The van der Waals surface area contributed by atoms with Gasteiger partial charge in [0.05, 0.1) is 6.67 Å². The summed E-state index contributed by atoms with van der Waals surface area (Å²) in [6, 6.07) is 7.14. The summed E-state index contributed by atoms with van der Waals surface area (Å²) >= 11 is 0. The highest BCUT2D eigenvalue weighted by Crippen LogP contribution is 2.40. The number of hydrogen-bond donors (Lipinski definition) is 1. The molecule has 0 aliphatic heterocycles. The SMILES string of the molecule is Oc1ccccc1C(CF)C1CCCC1. The molecule has 0 heterocycles. The molecule has 1 fully saturated rings. The molecular weight excluding hydrogens is 191 g/mol. The Morgan fingerprint density at radius 3 is 2.53 bits per heavy atom. The maximum Gasteiger partial charge on any atom is 0.119 e. The van der Waals surface area contributed by atoms with Gasteiger partial charge in [0.2, 0.25) is 0 Å². The van der Waals surface area contributed by atoms with Gasteiger partial charge in [-0.25, -0.2) is 0 Å². The monoisotopic (exact) mass is 208 g/mol. The highest BCUT2D eigenvalue weighted by atomic mass is 19.1. The van der Waals surface area contributed by atoms with E-state index in [4.69, 9.17) is 0 Å². The Morgan fingerprint density at radius 2 is 1.93 bits per heavy atom. The fraction of sp³-hybridized carbons (Fsp3) is 0.538. The maximum atomic E-state index is 13.1. The molecule has 15 heavy (non-hydrogen) atoms. The quantitative estimate of drug-likeness (QED) is 0.804. The Bertz CT molecular complexity index is 318. The number of aromatic hydroxyl groups is 1. The van der Waals surface area contributed by atoms with Gasteiger partial charge < -0.3 is 5.11 Å². The topological polar surface area (TPSA) is 20.2 Å². The zero-order valence-electron chi connectivity index (χ0n) is 8.82. The van der Waals surface area contributed by atoms with Crippen LogP contribution in [0.1, 0.15) is 37.2 Å². The molecule has 0 saturated heterocycles. The van der Waals surface area contributed by atoms with Crippen molar-refractivity contribution >= 4 is 0 Å². The Hall–Kier alpha value is -1.05. The zero-order valence-corrected chi connectivity index (χ0v) is 8.82. The first-order valence-corrected chi connectivity index (χ1v) is 5.66. The molecule has 1 unspecified atom stereocenters. The minimum atomic E-state index is -0.359. The van der Waals surface area contributed by atoms with Crippen LogP contribution < -0.4 is 0 Å². The molecule has 0 spiro atoms. The van der Waals surface area contributed by atoms with Crippen LogP contribution in [0.3, 0.4) is 0 Å². The van der Waals surface area contributed by atoms with Gasteiger partial charge >= 0.3 is 0 Å². The van der Waals surface area contributed by atoms with Gasteiger partial charge in [0.1, 0.15) is 5.75 Å². The van der Waals surface area contributed by atoms with Crippen LogP contribution in [0.4, 0.5) is 4.39 Å². The number of phenolic OH excluding ortho intramolecular Hbond substituents is 1. The predicted molar refractivity (Wildman–Crippen MR) is 58.8 cm³/mol. The van der Waals surface area contributed by atoms with Gasteiger partial charge in [0.15, 0.2) is 0 Å². The van der Waals surface area contributed by atoms with Crippen LogP contribution in [-0.4, -0.2) is 11.8 Å². The van der Waals surface area contributed by atoms with E-state index in [0.29, 0.717) is 5.92 Å². The van der Waals surface area contributed by atoms with Crippen molar-refractivity contribution in [1.82, 2.24) is 0 Å². The summed E-state index contributed by atoms with van der Waals surface area (Å²) in [4.78, 5) is 0. The molecule has 1 aromatic rings. The lowest BCUT2D eigenvalue weighted by Gasteiger charge is -2.21. The number of halogens is 1. The first-order valence-electron chi connectivity index (χ1n) is 5.66. The Labute approximate surface area is 89.9 Å². The second-order valence-electron chi connectivity index (χ2n) is 4.36. The normalized spacial score (nSPS) is 19.3. The summed E-state index contributed by atoms with van der Waals surface area (Å²) in [5, 5.41) is 9.71. The third kappa shape index (κ3) is 2.14. The first-order chi connectivity index (χ1) is 7.33. The average Bonchev–Trinajstić information content (AvgIpc) is 2.75. The molecule has 0 bridgehead atoms. The van der Waals surface area contributed by atoms with E-state index >= 15 is 0 Å². The second-order valence-corrected chi connectivity index (χ2v) is 4.36. The van der Waals surface area contributed by atoms with Crippen molar-refractivity contribution in [3.8, 4) is 5.75 Å². The van der Waals surface area contributed by atoms with Crippen LogP contribution in [-0.2, 0) is 0 Å². The number of rotatable bonds is 3. The molecule has 1 nitrogen and oxygen atoms in total. The third-order valence-electron chi connectivity index (χ3n) is 3.47. The molecular formula is C13H17FO. The lowest BCUT2D eigenvalue weighted by atomic mass is 9.85. The molecule has 0 amide bonds. The number of hydrogen-bond acceptors (Lipinski definition) is 1. The molecule has 0 radical (unpaired) electrons. The number of para-hydroxylation sites is 1. The van der Waals surface area contributed by atoms with Crippen molar-refractivity contribution < 1.29 is 9.50 Å². The molecule has 2 heteroatoms. The molecule has 1 aromatic carbocycles. The highest BCUT2D eigenvalue weighted by Gasteiger charge is 2.27. The summed E-state index contributed by atoms with van der Waals surface area (Å²) in [5.41, 5.74) is 0.784. The van der Waals surface area contributed by atoms with E-state index in [1.165, 1.54) is 12.8 Å². The van der Waals surface area contributed by atoms with Crippen molar-refractivity contribution in [2.75, 3.05) is 6.67 Å². The molecule has 82 valence electrons. The molecule has 1 N–H and O–H groups in total. The Kier molecular flexibility index (Phi) is 3.24. The van der Waals surface area contributed by atoms with Gasteiger partial charge in [0.25, 0.3) is 0 Å². The maximum absolute atomic E-state index is 13.1. The van der Waals surface area contributed by atoms with Gasteiger partial charge in [-0.1, -0.05) is 31.0 Å². The zero-order chi connectivity index (χ0) is 10.7. The highest BCUT2D eigenvalue weighted by molar-refractivity contribution is 5.35. The van der Waals surface area contributed by atoms with Crippen LogP contribution in [0.15, 0.2) is 24.3 Å². The molecule has 1 saturated carbocycles. The summed E-state index contributed by atoms with van der Waals surface area (Å²) in [6.07, 6.45) is 4.61. The summed E-state index contributed by atoms with van der Waals surface area (Å²) in [7, 11) is 0. The van der Waals surface area contributed by atoms with Crippen LogP contribution in [0.2, 0.25) is 0 Å². The van der Waals surface area contributed by atoms with E-state index < -0.39 is 0 Å². The summed E-state index contributed by atoms with van der Waals surface area (Å²) in [5.74, 6) is 0.559. The fourth-order valence-corrected chi connectivity index (χ4v) is 2.62. The standard InChI is InChI=1S/C13H17FO/c14-9-12(10-5-1-2-6-10)11-7-3-4-8-13(11)15/h3-4,7-8,10,12,15H,1-2,5-6,9H2. The Morgan fingerprint density at radius 1 is 1.27 bits per heavy atom. The van der Waals surface area contributed by atoms with Crippen LogP contribution in [0, 0.1) is 5.92 Å². The van der Waals surface area contributed by atoms with Gasteiger partial charge in [-0.15, -0.1) is 0 Å². The summed E-state index contributed by atoms with van der Waals surface area (Å²) in [6.45, 7) is -0.359. The van der Waals surface area contributed by atoms with E-state index in [1.807, 2.05) is 12.1 Å². The van der Waals surface area contributed by atoms with E-state index in [2.05, 4.69) is 0 Å². The van der Waals surface area contributed by atoms with Crippen molar-refractivity contribution in [2.24, 2.45) is 5.92 Å². The molecule has 0 aromatic heterocycles. The molecule has 1 aliphatic rings. The summed E-state index contributed by atoms with van der Waals surface area (Å²) < 4.78 is 13.1. The van der Waals surface area contributed by atoms with Gasteiger partial charge in [0, 0.05) is 5.92 Å². The van der Waals surface area contributed by atoms with Gasteiger partial charge in [-0.2, -0.15) is 0 Å². The van der Waals surface area contributed by atoms with Gasteiger partial charge in [-0.05, 0) is 30.4 Å². The minimum absolute atomic E-state index is 0.103. The third-order valence-corrected chi connectivity index (χ3v) is 3.47. The lowest BCUT2D eigenvalue weighted by molar-refractivity contribution is 0.327. The lowest BCUT2D eigenvalue weighted by Crippen LogP contribution is -2.12. The smallest absolute Gasteiger partial charge is 0.119 e. The number of phenols is 1. The van der Waals surface area contributed by atoms with E-state index in [0.717, 1.165) is 18.4 Å². The largest absolute Gasteiger partial charge is 0.508 e. The predicted octanol–water partition coefficient (Wildman–Crippen LogP) is 3.64. The van der Waals surface area contributed by atoms with Crippen LogP contribution in [0.5, 0.6) is 5.75 Å². The fourth-order valence-electron chi connectivity index (χ4n) is 2.62. The Balaban J connectivity index is 2.22. The van der Waals surface area contributed by atoms with Crippen LogP contribution >= 0.6 is 0 Å². The second kappa shape index (κ2) is 4.65. The van der Waals surface area contributed by atoms with Crippen LogP contribution in [0.25, 0.3) is 0 Å². The van der Waals surface area contributed by atoms with E-state index in [9.17, 15) is 9.50 Å². The van der Waals surface area contributed by atoms with E-state index in [-0.39, 0.29) is 18.3 Å². The van der Waals surface area contributed by atoms with Crippen molar-refractivity contribution in [1.29, 1.82) is 0 Å². The van der Waals surface area contributed by atoms with Crippen molar-refractivity contribution in [2.45, 2.75) is 31.6 Å². The number of benzene rings is 1. The average molecular weight is 208 g/mol. The van der Waals surface area contributed by atoms with Crippen molar-refractivity contribution in [3.63, 3.8) is 0 Å². The molecule has 1 atom stereocenters. The first kappa shape index (κ1) is 10.5. The number of alkyl halides is 1. The molecule has 2 rings (SSSR count). The van der Waals surface area contributed by atoms with E-state index in [1.54, 1.807) is 12.1 Å². The minimum Gasteiger partial charge on any atom is -0.508 e. The van der Waals surface area contributed by atoms with Crippen molar-refractivity contribution in [3.05, 3.63) is 29.8 Å².